The van der Waals surface area contributed by atoms with Gasteiger partial charge in [-0.2, -0.15) is 0 Å². The molecule has 1 aromatic heterocycles. The van der Waals surface area contributed by atoms with Gasteiger partial charge in [-0.05, 0) is 65.1 Å². The van der Waals surface area contributed by atoms with Crippen molar-refractivity contribution < 1.29 is 4.79 Å². The lowest BCUT2D eigenvalue weighted by atomic mass is 10.2. The predicted molar refractivity (Wildman–Crippen MR) is 87.1 cm³/mol. The first-order valence-corrected chi connectivity index (χ1v) is 6.92. The molecule has 2 N–H and O–H groups in total. The molecule has 1 amide bonds. The molecule has 0 aliphatic rings. The lowest BCUT2D eigenvalue weighted by Gasteiger charge is -2.09. The van der Waals surface area contributed by atoms with Gasteiger partial charge in [-0.1, -0.05) is 6.07 Å². The smallest absolute Gasteiger partial charge is 0.257 e. The molecule has 0 bridgehead atoms. The van der Waals surface area contributed by atoms with Crippen LogP contribution in [-0.4, -0.2) is 16.0 Å². The van der Waals surface area contributed by atoms with E-state index in [-0.39, 0.29) is 11.0 Å². The highest BCUT2D eigenvalue weighted by Gasteiger charge is 2.08. The molecule has 96 valence electrons. The molecule has 2 rings (SSSR count). The van der Waals surface area contributed by atoms with Gasteiger partial charge in [0.2, 0.25) is 0 Å². The zero-order valence-electron chi connectivity index (χ0n) is 9.76. The second kappa shape index (κ2) is 6.58. The number of nitrogens with zero attached hydrogens (tertiary/aromatic N) is 1. The fraction of sp³-hybridized carbons (Fsp3) is 0. The van der Waals surface area contributed by atoms with Gasteiger partial charge in [0.25, 0.3) is 5.91 Å². The lowest BCUT2D eigenvalue weighted by Crippen LogP contribution is -2.34. The molecular weight excluding hydrogens is 373 g/mol. The maximum Gasteiger partial charge on any atom is 0.257 e. The summed E-state index contributed by atoms with van der Waals surface area (Å²) in [4.78, 5) is 15.9. The largest absolute Gasteiger partial charge is 0.331 e. The van der Waals surface area contributed by atoms with Crippen LogP contribution >= 0.6 is 34.8 Å². The molecule has 0 atom stereocenters. The quantitative estimate of drug-likeness (QED) is 0.619. The van der Waals surface area contributed by atoms with Crippen LogP contribution in [0.3, 0.4) is 0 Å². The number of nitrogens with one attached hydrogen (secondary N) is 2. The molecule has 19 heavy (non-hydrogen) atoms. The summed E-state index contributed by atoms with van der Waals surface area (Å²) in [6.07, 6.45) is 3.29. The van der Waals surface area contributed by atoms with Crippen molar-refractivity contribution in [2.24, 2.45) is 0 Å². The number of halogens is 1. The fourth-order valence-electron chi connectivity index (χ4n) is 1.40. The predicted octanol–water partition coefficient (Wildman–Crippen LogP) is 2.81. The Balaban J connectivity index is 1.98. The van der Waals surface area contributed by atoms with Gasteiger partial charge in [0.1, 0.15) is 0 Å². The first-order chi connectivity index (χ1) is 9.15. The van der Waals surface area contributed by atoms with Gasteiger partial charge in [0.05, 0.1) is 11.9 Å². The maximum absolute atomic E-state index is 11.9. The Hall–Kier alpha value is -1.54. The summed E-state index contributed by atoms with van der Waals surface area (Å²) in [7, 11) is 0. The van der Waals surface area contributed by atoms with Gasteiger partial charge in [-0.3, -0.25) is 15.1 Å². The summed E-state index contributed by atoms with van der Waals surface area (Å²) < 4.78 is 0.997. The maximum atomic E-state index is 11.9. The van der Waals surface area contributed by atoms with Gasteiger partial charge in [0.15, 0.2) is 5.11 Å². The third-order valence-electron chi connectivity index (χ3n) is 2.23. The average molecular weight is 383 g/mol. The number of hydrogen-bond acceptors (Lipinski definition) is 3. The highest BCUT2D eigenvalue weighted by Crippen LogP contribution is 2.08. The zero-order valence-corrected chi connectivity index (χ0v) is 12.7. The third kappa shape index (κ3) is 4.25. The van der Waals surface area contributed by atoms with Crippen molar-refractivity contribution in [3.8, 4) is 0 Å². The van der Waals surface area contributed by atoms with Crippen molar-refractivity contribution in [2.75, 3.05) is 5.32 Å². The van der Waals surface area contributed by atoms with E-state index in [4.69, 9.17) is 12.2 Å². The van der Waals surface area contributed by atoms with Crippen LogP contribution in [0.15, 0.2) is 48.8 Å². The van der Waals surface area contributed by atoms with Gasteiger partial charge in [-0.25, -0.2) is 0 Å². The number of aromatic nitrogens is 1. The van der Waals surface area contributed by atoms with Crippen molar-refractivity contribution in [1.82, 2.24) is 10.3 Å². The fourth-order valence-corrected chi connectivity index (χ4v) is 2.16. The first-order valence-electron chi connectivity index (χ1n) is 5.43. The van der Waals surface area contributed by atoms with E-state index in [2.05, 4.69) is 38.2 Å². The molecule has 2 aromatic rings. The molecule has 0 radical (unpaired) electrons. The third-order valence-corrected chi connectivity index (χ3v) is 3.11. The van der Waals surface area contributed by atoms with E-state index in [1.807, 2.05) is 18.2 Å². The zero-order chi connectivity index (χ0) is 13.7. The van der Waals surface area contributed by atoms with Gasteiger partial charge in [0, 0.05) is 15.3 Å². The van der Waals surface area contributed by atoms with Crippen molar-refractivity contribution in [2.45, 2.75) is 0 Å². The summed E-state index contributed by atoms with van der Waals surface area (Å²) in [5, 5.41) is 5.76. The number of thiocarbonyl (C=S) groups is 1. The highest BCUT2D eigenvalue weighted by atomic mass is 127. The number of anilines is 1. The van der Waals surface area contributed by atoms with Crippen molar-refractivity contribution in [1.29, 1.82) is 0 Å². The number of pyridine rings is 1. The molecule has 0 aliphatic carbocycles. The summed E-state index contributed by atoms with van der Waals surface area (Å²) >= 11 is 7.23. The Bertz CT molecular complexity index is 604. The van der Waals surface area contributed by atoms with E-state index in [0.29, 0.717) is 5.56 Å². The van der Waals surface area contributed by atoms with Crippen LogP contribution in [-0.2, 0) is 0 Å². The molecule has 0 saturated carbocycles. The Labute approximate surface area is 129 Å². The normalized spacial score (nSPS) is 9.74. The van der Waals surface area contributed by atoms with Gasteiger partial charge >= 0.3 is 0 Å². The SMILES string of the molecule is O=C(NC(=S)Nc1cccnc1)c1cccc(I)c1. The van der Waals surface area contributed by atoms with Crippen molar-refractivity contribution >= 4 is 51.5 Å². The number of rotatable bonds is 2. The highest BCUT2D eigenvalue weighted by molar-refractivity contribution is 14.1. The van der Waals surface area contributed by atoms with E-state index in [9.17, 15) is 4.79 Å². The molecule has 1 aromatic carbocycles. The van der Waals surface area contributed by atoms with Gasteiger partial charge < -0.3 is 5.32 Å². The van der Waals surface area contributed by atoms with Crippen LogP contribution in [0.4, 0.5) is 5.69 Å². The molecule has 1 heterocycles. The molecular formula is C13H10IN3OS. The Morgan fingerprint density at radius 3 is 2.79 bits per heavy atom. The number of carbonyl (C=O) groups is 1. The molecule has 0 aliphatic heterocycles. The number of benzene rings is 1. The summed E-state index contributed by atoms with van der Waals surface area (Å²) in [5.74, 6) is -0.236. The minimum atomic E-state index is -0.236. The molecule has 0 fully saturated rings. The van der Waals surface area contributed by atoms with Crippen LogP contribution in [0.5, 0.6) is 0 Å². The van der Waals surface area contributed by atoms with Crippen LogP contribution in [0.2, 0.25) is 0 Å². The summed E-state index contributed by atoms with van der Waals surface area (Å²) in [5.41, 5.74) is 1.30. The molecule has 0 saturated heterocycles. The second-order valence-corrected chi connectivity index (χ2v) is 5.31. The van der Waals surface area contributed by atoms with E-state index < -0.39 is 0 Å². The van der Waals surface area contributed by atoms with E-state index in [0.717, 1.165) is 9.26 Å². The molecule has 6 heteroatoms. The Morgan fingerprint density at radius 2 is 2.11 bits per heavy atom. The van der Waals surface area contributed by atoms with Crippen LogP contribution in [0, 0.1) is 3.57 Å². The second-order valence-electron chi connectivity index (χ2n) is 3.66. The Morgan fingerprint density at radius 1 is 1.26 bits per heavy atom. The first kappa shape index (κ1) is 13.9. The average Bonchev–Trinajstić information content (AvgIpc) is 2.39. The minimum absolute atomic E-state index is 0.236. The van der Waals surface area contributed by atoms with E-state index in [1.165, 1.54) is 0 Å². The van der Waals surface area contributed by atoms with Crippen LogP contribution < -0.4 is 10.6 Å². The number of hydrogen-bond donors (Lipinski definition) is 2. The Kier molecular flexibility index (Phi) is 4.80. The van der Waals surface area contributed by atoms with E-state index in [1.54, 1.807) is 30.6 Å². The van der Waals surface area contributed by atoms with Crippen molar-refractivity contribution in [3.63, 3.8) is 0 Å². The topological polar surface area (TPSA) is 54.0 Å². The number of amides is 1. The molecule has 0 unspecified atom stereocenters. The number of carbonyl (C=O) groups excluding carboxylic acids is 1. The summed E-state index contributed by atoms with van der Waals surface area (Å²) in [6.45, 7) is 0. The molecule has 4 nitrogen and oxygen atoms in total. The monoisotopic (exact) mass is 383 g/mol. The van der Waals surface area contributed by atoms with Crippen molar-refractivity contribution in [3.05, 3.63) is 57.9 Å². The van der Waals surface area contributed by atoms with E-state index >= 15 is 0 Å². The lowest BCUT2D eigenvalue weighted by molar-refractivity contribution is 0.0977. The molecule has 0 spiro atoms. The summed E-state index contributed by atoms with van der Waals surface area (Å²) in [6, 6.07) is 10.9. The standard InChI is InChI=1S/C13H10IN3OS/c14-10-4-1-3-9(7-10)12(18)17-13(19)16-11-5-2-6-15-8-11/h1-8H,(H2,16,17,18,19). The van der Waals surface area contributed by atoms with Crippen LogP contribution in [0.1, 0.15) is 10.4 Å². The van der Waals surface area contributed by atoms with Crippen LogP contribution in [0.25, 0.3) is 0 Å². The van der Waals surface area contributed by atoms with Gasteiger partial charge in [-0.15, -0.1) is 0 Å². The minimum Gasteiger partial charge on any atom is -0.331 e.